The molecule has 2 aromatic carbocycles. The summed E-state index contributed by atoms with van der Waals surface area (Å²) in [5, 5.41) is 0.634. The van der Waals surface area contributed by atoms with E-state index in [-0.39, 0.29) is 18.9 Å². The zero-order valence-corrected chi connectivity index (χ0v) is 16.8. The highest BCUT2D eigenvalue weighted by Crippen LogP contribution is 2.19. The Balaban J connectivity index is 1.92. The molecule has 0 aliphatic carbocycles. The van der Waals surface area contributed by atoms with Crippen LogP contribution in [0.5, 0.6) is 0 Å². The first-order valence-corrected chi connectivity index (χ1v) is 10.6. The third-order valence-electron chi connectivity index (χ3n) is 4.03. The first-order valence-electron chi connectivity index (χ1n) is 8.38. The first kappa shape index (κ1) is 21.2. The van der Waals surface area contributed by atoms with Crippen LogP contribution in [0.2, 0.25) is 5.02 Å². The average Bonchev–Trinajstić information content (AvgIpc) is 2.60. The average molecular weight is 413 g/mol. The molecule has 0 bridgehead atoms. The molecule has 0 N–H and O–H groups in total. The Morgan fingerprint density at radius 2 is 1.67 bits per heavy atom. The Hall–Kier alpha value is -2.12. The van der Waals surface area contributed by atoms with E-state index in [2.05, 4.69) is 0 Å². The smallest absolute Gasteiger partial charge is 0.232 e. The molecule has 0 saturated carbocycles. The largest absolute Gasteiger partial charge is 0.341 e. The molecule has 0 spiro atoms. The quantitative estimate of drug-likeness (QED) is 0.664. The van der Waals surface area contributed by atoms with E-state index in [0.717, 1.165) is 11.8 Å². The summed E-state index contributed by atoms with van der Waals surface area (Å²) < 4.78 is 38.3. The van der Waals surface area contributed by atoms with Crippen molar-refractivity contribution >= 4 is 33.2 Å². The second-order valence-corrected chi connectivity index (χ2v) is 8.63. The molecule has 8 heteroatoms. The van der Waals surface area contributed by atoms with Gasteiger partial charge >= 0.3 is 0 Å². The molecule has 5 nitrogen and oxygen atoms in total. The van der Waals surface area contributed by atoms with Gasteiger partial charge in [0.1, 0.15) is 5.82 Å². The summed E-state index contributed by atoms with van der Waals surface area (Å²) in [6.07, 6.45) is 1.65. The van der Waals surface area contributed by atoms with Crippen LogP contribution in [0.15, 0.2) is 48.5 Å². The van der Waals surface area contributed by atoms with E-state index in [1.807, 2.05) is 12.1 Å². The predicted molar refractivity (Wildman–Crippen MR) is 106 cm³/mol. The van der Waals surface area contributed by atoms with Crippen LogP contribution in [0.3, 0.4) is 0 Å². The molecule has 0 aliphatic heterocycles. The van der Waals surface area contributed by atoms with Crippen molar-refractivity contribution in [1.29, 1.82) is 0 Å². The maximum Gasteiger partial charge on any atom is 0.232 e. The van der Waals surface area contributed by atoms with Crippen molar-refractivity contribution in [1.82, 2.24) is 4.90 Å². The monoisotopic (exact) mass is 412 g/mol. The van der Waals surface area contributed by atoms with Crippen LogP contribution < -0.4 is 4.31 Å². The predicted octanol–water partition coefficient (Wildman–Crippen LogP) is 3.68. The van der Waals surface area contributed by atoms with E-state index in [4.69, 9.17) is 11.6 Å². The molecule has 0 saturated heterocycles. The summed E-state index contributed by atoms with van der Waals surface area (Å²) >= 11 is 5.85. The molecule has 2 aromatic rings. The number of amides is 1. The van der Waals surface area contributed by atoms with Crippen LogP contribution in [0.1, 0.15) is 18.4 Å². The van der Waals surface area contributed by atoms with Crippen LogP contribution in [-0.4, -0.2) is 39.1 Å². The lowest BCUT2D eigenvalue weighted by Gasteiger charge is -2.23. The molecule has 0 radical (unpaired) electrons. The molecule has 27 heavy (non-hydrogen) atoms. The first-order chi connectivity index (χ1) is 12.7. The van der Waals surface area contributed by atoms with Gasteiger partial charge in [-0.15, -0.1) is 0 Å². The SMILES string of the molecule is CN(Cc1ccc(Cl)cc1)C(=O)CCCN(c1ccc(F)cc1)S(C)(=O)=O. The lowest BCUT2D eigenvalue weighted by molar-refractivity contribution is -0.130. The fourth-order valence-corrected chi connectivity index (χ4v) is 3.70. The van der Waals surface area contributed by atoms with Gasteiger partial charge in [-0.3, -0.25) is 9.10 Å². The van der Waals surface area contributed by atoms with E-state index in [1.54, 1.807) is 24.1 Å². The van der Waals surface area contributed by atoms with Crippen LogP contribution >= 0.6 is 11.6 Å². The molecular formula is C19H22ClFN2O3S. The third kappa shape index (κ3) is 6.52. The summed E-state index contributed by atoms with van der Waals surface area (Å²) in [7, 11) is -1.83. The van der Waals surface area contributed by atoms with Crippen molar-refractivity contribution in [3.63, 3.8) is 0 Å². The molecule has 0 fully saturated rings. The van der Waals surface area contributed by atoms with Gasteiger partial charge < -0.3 is 4.90 Å². The number of hydrogen-bond acceptors (Lipinski definition) is 3. The minimum atomic E-state index is -3.53. The van der Waals surface area contributed by atoms with Gasteiger partial charge in [0.05, 0.1) is 11.9 Å². The number of benzene rings is 2. The van der Waals surface area contributed by atoms with Crippen LogP contribution in [0, 0.1) is 5.82 Å². The molecule has 0 heterocycles. The summed E-state index contributed by atoms with van der Waals surface area (Å²) in [6, 6.07) is 12.5. The van der Waals surface area contributed by atoms with Crippen molar-refractivity contribution in [2.45, 2.75) is 19.4 Å². The Morgan fingerprint density at radius 1 is 1.07 bits per heavy atom. The van der Waals surface area contributed by atoms with Gasteiger partial charge in [-0.05, 0) is 48.4 Å². The van der Waals surface area contributed by atoms with Crippen molar-refractivity contribution in [3.05, 3.63) is 64.9 Å². The van der Waals surface area contributed by atoms with Crippen LogP contribution in [-0.2, 0) is 21.4 Å². The summed E-state index contributed by atoms with van der Waals surface area (Å²) in [4.78, 5) is 13.9. The number of rotatable bonds is 8. The number of halogens is 2. The maximum absolute atomic E-state index is 13.1. The van der Waals surface area contributed by atoms with Crippen molar-refractivity contribution < 1.29 is 17.6 Å². The van der Waals surface area contributed by atoms with Gasteiger partial charge in [-0.2, -0.15) is 0 Å². The number of anilines is 1. The Labute approximate surface area is 164 Å². The minimum Gasteiger partial charge on any atom is -0.341 e. The van der Waals surface area contributed by atoms with E-state index in [0.29, 0.717) is 23.7 Å². The molecule has 0 aliphatic rings. The minimum absolute atomic E-state index is 0.0856. The number of carbonyl (C=O) groups excluding carboxylic acids is 1. The molecule has 0 aromatic heterocycles. The van der Waals surface area contributed by atoms with Gasteiger partial charge in [-0.25, -0.2) is 12.8 Å². The highest BCUT2D eigenvalue weighted by Gasteiger charge is 2.18. The van der Waals surface area contributed by atoms with Crippen molar-refractivity contribution in [2.24, 2.45) is 0 Å². The Kier molecular flexibility index (Phi) is 7.21. The van der Waals surface area contributed by atoms with Gasteiger partial charge in [0.25, 0.3) is 0 Å². The molecule has 2 rings (SSSR count). The van der Waals surface area contributed by atoms with Gasteiger partial charge in [0.2, 0.25) is 15.9 Å². The molecule has 1 amide bonds. The zero-order valence-electron chi connectivity index (χ0n) is 15.2. The van der Waals surface area contributed by atoms with Crippen LogP contribution in [0.25, 0.3) is 0 Å². The van der Waals surface area contributed by atoms with E-state index in [9.17, 15) is 17.6 Å². The fraction of sp³-hybridized carbons (Fsp3) is 0.316. The van der Waals surface area contributed by atoms with E-state index >= 15 is 0 Å². The van der Waals surface area contributed by atoms with E-state index in [1.165, 1.54) is 28.6 Å². The Bertz CT molecular complexity index is 871. The lowest BCUT2D eigenvalue weighted by Crippen LogP contribution is -2.32. The van der Waals surface area contributed by atoms with Gasteiger partial charge in [0, 0.05) is 31.6 Å². The van der Waals surface area contributed by atoms with Crippen molar-refractivity contribution in [2.75, 3.05) is 24.2 Å². The second kappa shape index (κ2) is 9.19. The highest BCUT2D eigenvalue weighted by atomic mass is 35.5. The van der Waals surface area contributed by atoms with E-state index < -0.39 is 15.8 Å². The number of sulfonamides is 1. The molecule has 146 valence electrons. The standard InChI is InChI=1S/C19H22ClFN2O3S/c1-22(14-15-5-7-16(20)8-6-15)19(24)4-3-13-23(27(2,25)26)18-11-9-17(21)10-12-18/h5-12H,3-4,13-14H2,1-2H3. The van der Waals surface area contributed by atoms with Crippen molar-refractivity contribution in [3.8, 4) is 0 Å². The summed E-state index contributed by atoms with van der Waals surface area (Å²) in [6.45, 7) is 0.592. The number of nitrogens with zero attached hydrogens (tertiary/aromatic N) is 2. The Morgan fingerprint density at radius 3 is 2.22 bits per heavy atom. The normalized spacial score (nSPS) is 11.3. The topological polar surface area (TPSA) is 57.7 Å². The fourth-order valence-electron chi connectivity index (χ4n) is 2.61. The lowest BCUT2D eigenvalue weighted by atomic mass is 10.2. The maximum atomic E-state index is 13.1. The number of carbonyl (C=O) groups is 1. The van der Waals surface area contributed by atoms with Gasteiger partial charge in [0.15, 0.2) is 0 Å². The molecule has 0 atom stereocenters. The molecular weight excluding hydrogens is 391 g/mol. The third-order valence-corrected chi connectivity index (χ3v) is 5.47. The zero-order chi connectivity index (χ0) is 20.0. The highest BCUT2D eigenvalue weighted by molar-refractivity contribution is 7.92. The summed E-state index contributed by atoms with van der Waals surface area (Å²) in [5.74, 6) is -0.524. The summed E-state index contributed by atoms with van der Waals surface area (Å²) in [5.41, 5.74) is 1.33. The second-order valence-electron chi connectivity index (χ2n) is 6.29. The molecule has 0 unspecified atom stereocenters. The van der Waals surface area contributed by atoms with Crippen LogP contribution in [0.4, 0.5) is 10.1 Å². The number of hydrogen-bond donors (Lipinski definition) is 0. The van der Waals surface area contributed by atoms with Gasteiger partial charge in [-0.1, -0.05) is 23.7 Å².